The van der Waals surface area contributed by atoms with E-state index in [0.717, 1.165) is 0 Å². The molecule has 5 heteroatoms. The molecule has 0 aliphatic rings. The molecule has 0 amide bonds. The number of nitrogens with two attached hydrogens (primary N) is 2. The molecule has 1 aromatic rings. The van der Waals surface area contributed by atoms with Crippen LogP contribution in [0.4, 0.5) is 10.3 Å². The third-order valence-corrected chi connectivity index (χ3v) is 1.04. The van der Waals surface area contributed by atoms with Crippen LogP contribution in [0.15, 0.2) is 0 Å². The number of aromatic nitrogens is 2. The van der Waals surface area contributed by atoms with E-state index in [0.29, 0.717) is 10.3 Å². The third-order valence-electron chi connectivity index (χ3n) is 0.456. The van der Waals surface area contributed by atoms with Crippen LogP contribution < -0.4 is 11.5 Å². The molecule has 1 heterocycles. The Kier molecular flexibility index (Phi) is 0.828. The molecule has 4 nitrogen and oxygen atoms in total. The van der Waals surface area contributed by atoms with Crippen LogP contribution in [0.3, 0.4) is 0 Å². The van der Waals surface area contributed by atoms with E-state index in [-0.39, 0.29) is 0 Å². The average molecular weight is 116 g/mol. The van der Waals surface area contributed by atoms with E-state index in [1.54, 1.807) is 0 Å². The van der Waals surface area contributed by atoms with Gasteiger partial charge in [-0.25, -0.2) is 0 Å². The highest BCUT2D eigenvalue weighted by molar-refractivity contribution is 7.18. The van der Waals surface area contributed by atoms with E-state index < -0.39 is 0 Å². The molecule has 0 saturated heterocycles. The van der Waals surface area contributed by atoms with Gasteiger partial charge < -0.3 is 11.5 Å². The van der Waals surface area contributed by atoms with Crippen LogP contribution in [0.1, 0.15) is 0 Å². The number of anilines is 2. The van der Waals surface area contributed by atoms with Crippen LogP contribution in [0, 0.1) is 0 Å². The van der Waals surface area contributed by atoms with Crippen molar-refractivity contribution in [1.82, 2.24) is 10.2 Å². The van der Waals surface area contributed by atoms with Crippen molar-refractivity contribution in [3.63, 3.8) is 0 Å². The number of hydrogen-bond donors (Lipinski definition) is 2. The molecule has 0 spiro atoms. The van der Waals surface area contributed by atoms with Crippen molar-refractivity contribution in [3.8, 4) is 0 Å². The first-order chi connectivity index (χ1) is 3.29. The molecule has 38 valence electrons. The summed E-state index contributed by atoms with van der Waals surface area (Å²) in [6.07, 6.45) is 0. The lowest BCUT2D eigenvalue weighted by atomic mass is 11.3. The van der Waals surface area contributed by atoms with Gasteiger partial charge in [-0.05, 0) is 0 Å². The summed E-state index contributed by atoms with van der Waals surface area (Å²) < 4.78 is 0. The molecule has 0 unspecified atom stereocenters. The monoisotopic (exact) mass is 116 g/mol. The van der Waals surface area contributed by atoms with Crippen LogP contribution in [-0.4, -0.2) is 10.2 Å². The predicted molar refractivity (Wildman–Crippen MR) is 28.7 cm³/mol. The van der Waals surface area contributed by atoms with E-state index in [1.807, 2.05) is 0 Å². The second kappa shape index (κ2) is 1.34. The Morgan fingerprint density at radius 2 is 1.57 bits per heavy atom. The molecular formula is C2H4N4S. The fourth-order valence-electron chi connectivity index (χ4n) is 0.247. The van der Waals surface area contributed by atoms with Crippen molar-refractivity contribution in [2.45, 2.75) is 0 Å². The molecule has 0 fully saturated rings. The van der Waals surface area contributed by atoms with Crippen molar-refractivity contribution >= 4 is 21.6 Å². The van der Waals surface area contributed by atoms with Crippen LogP contribution in [-0.2, 0) is 0 Å². The highest BCUT2D eigenvalue weighted by Crippen LogP contribution is 2.10. The molecule has 1 rings (SSSR count). The maximum atomic E-state index is 5.14. The molecule has 7 heavy (non-hydrogen) atoms. The molecule has 0 aliphatic carbocycles. The third kappa shape index (κ3) is 0.774. The Morgan fingerprint density at radius 1 is 1.14 bits per heavy atom. The van der Waals surface area contributed by atoms with Crippen molar-refractivity contribution in [2.75, 3.05) is 11.5 Å². The molecule has 0 saturated carbocycles. The first kappa shape index (κ1) is 4.32. The minimum atomic E-state index is 0.414. The van der Waals surface area contributed by atoms with Gasteiger partial charge in [-0.1, -0.05) is 11.3 Å². The average Bonchev–Trinajstić information content (AvgIpc) is 1.87. The Bertz CT molecular complexity index is 142. The van der Waals surface area contributed by atoms with Gasteiger partial charge in [0.1, 0.15) is 0 Å². The fourth-order valence-corrected chi connectivity index (χ4v) is 0.624. The van der Waals surface area contributed by atoms with E-state index >= 15 is 0 Å². The predicted octanol–water partition coefficient (Wildman–Crippen LogP) is -0.298. The van der Waals surface area contributed by atoms with Gasteiger partial charge in [0, 0.05) is 0 Å². The Morgan fingerprint density at radius 3 is 1.71 bits per heavy atom. The number of nitrogens with zero attached hydrogens (tertiary/aromatic N) is 2. The molecule has 1 aromatic heterocycles. The second-order valence-electron chi connectivity index (χ2n) is 0.979. The summed E-state index contributed by atoms with van der Waals surface area (Å²) >= 11 is 1.18. The lowest BCUT2D eigenvalue weighted by molar-refractivity contribution is 1.11. The zero-order valence-corrected chi connectivity index (χ0v) is 4.27. The molecule has 0 atom stereocenters. The summed E-state index contributed by atoms with van der Waals surface area (Å²) in [7, 11) is 0. The summed E-state index contributed by atoms with van der Waals surface area (Å²) in [5.74, 6) is 0. The standard InChI is InChI=1S/C2H4N4S/c3-1-5-6-2(4)7-1/h(H2,3,5)(H2,4,6). The lowest BCUT2D eigenvalue weighted by Crippen LogP contribution is -1.81. The van der Waals surface area contributed by atoms with E-state index in [4.69, 9.17) is 11.5 Å². The summed E-state index contributed by atoms with van der Waals surface area (Å²) in [5.41, 5.74) is 10.3. The Balaban J connectivity index is 3.04. The van der Waals surface area contributed by atoms with Crippen molar-refractivity contribution in [3.05, 3.63) is 0 Å². The van der Waals surface area contributed by atoms with Gasteiger partial charge >= 0.3 is 0 Å². The highest BCUT2D eigenvalue weighted by atomic mass is 32.1. The van der Waals surface area contributed by atoms with Crippen LogP contribution >= 0.6 is 11.3 Å². The van der Waals surface area contributed by atoms with Gasteiger partial charge in [0.2, 0.25) is 10.3 Å². The van der Waals surface area contributed by atoms with Crippen LogP contribution in [0.2, 0.25) is 0 Å². The van der Waals surface area contributed by atoms with Gasteiger partial charge in [-0.15, -0.1) is 10.2 Å². The number of nitrogen functional groups attached to an aromatic ring is 2. The first-order valence-corrected chi connectivity index (χ1v) is 2.45. The van der Waals surface area contributed by atoms with Gasteiger partial charge in [0.25, 0.3) is 0 Å². The SMILES string of the molecule is Nc1nnc(N)s1. The fraction of sp³-hybridized carbons (Fsp3) is 0. The minimum absolute atomic E-state index is 0.414. The summed E-state index contributed by atoms with van der Waals surface area (Å²) in [6.45, 7) is 0. The number of rotatable bonds is 0. The minimum Gasteiger partial charge on any atom is -0.374 e. The van der Waals surface area contributed by atoms with E-state index in [9.17, 15) is 0 Å². The normalized spacial score (nSPS) is 9.14. The van der Waals surface area contributed by atoms with Gasteiger partial charge in [-0.3, -0.25) is 0 Å². The van der Waals surface area contributed by atoms with Crippen molar-refractivity contribution in [2.24, 2.45) is 0 Å². The molecule has 0 aromatic carbocycles. The maximum Gasteiger partial charge on any atom is 0.204 e. The van der Waals surface area contributed by atoms with E-state index in [2.05, 4.69) is 10.2 Å². The molecule has 0 aliphatic heterocycles. The van der Waals surface area contributed by atoms with Crippen molar-refractivity contribution in [1.29, 1.82) is 0 Å². The molecule has 4 N–H and O–H groups in total. The summed E-state index contributed by atoms with van der Waals surface area (Å²) in [6, 6.07) is 0. The van der Waals surface area contributed by atoms with Crippen LogP contribution in [0.25, 0.3) is 0 Å². The van der Waals surface area contributed by atoms with Crippen molar-refractivity contribution < 1.29 is 0 Å². The number of hydrogen-bond acceptors (Lipinski definition) is 5. The summed E-state index contributed by atoms with van der Waals surface area (Å²) in [4.78, 5) is 0. The molecular weight excluding hydrogens is 112 g/mol. The summed E-state index contributed by atoms with van der Waals surface area (Å²) in [5, 5.41) is 7.70. The zero-order valence-electron chi connectivity index (χ0n) is 3.46. The lowest BCUT2D eigenvalue weighted by Gasteiger charge is -1.67. The Hall–Kier alpha value is -0.840. The largest absolute Gasteiger partial charge is 0.374 e. The Labute approximate surface area is 44.2 Å². The highest BCUT2D eigenvalue weighted by Gasteiger charge is 1.89. The van der Waals surface area contributed by atoms with Crippen LogP contribution in [0.5, 0.6) is 0 Å². The van der Waals surface area contributed by atoms with Gasteiger partial charge in [0.15, 0.2) is 0 Å². The first-order valence-electron chi connectivity index (χ1n) is 1.63. The molecule has 0 radical (unpaired) electrons. The van der Waals surface area contributed by atoms with Gasteiger partial charge in [0.05, 0.1) is 0 Å². The van der Waals surface area contributed by atoms with Gasteiger partial charge in [-0.2, -0.15) is 0 Å². The molecule has 0 bridgehead atoms. The smallest absolute Gasteiger partial charge is 0.204 e. The second-order valence-corrected chi connectivity index (χ2v) is 2.02. The maximum absolute atomic E-state index is 5.14. The zero-order chi connectivity index (χ0) is 5.28. The quantitative estimate of drug-likeness (QED) is 0.488. The topological polar surface area (TPSA) is 77.8 Å². The van der Waals surface area contributed by atoms with E-state index in [1.165, 1.54) is 11.3 Å².